The number of nitrogens with one attached hydrogen (secondary N) is 1. The van der Waals surface area contributed by atoms with Gasteiger partial charge in [-0.3, -0.25) is 4.98 Å². The molecule has 2 rings (SSSR count). The zero-order valence-electron chi connectivity index (χ0n) is 11.9. The lowest BCUT2D eigenvalue weighted by Crippen LogP contribution is -2.16. The molecule has 1 aliphatic heterocycles. The number of rotatable bonds is 2. The summed E-state index contributed by atoms with van der Waals surface area (Å²) >= 11 is 0. The molecule has 6 heteroatoms. The minimum absolute atomic E-state index is 0.246. The summed E-state index contributed by atoms with van der Waals surface area (Å²) < 4.78 is 36.3. The van der Waals surface area contributed by atoms with E-state index >= 15 is 0 Å². The molecule has 0 bridgehead atoms. The van der Waals surface area contributed by atoms with Gasteiger partial charge in [0.1, 0.15) is 5.69 Å². The second-order valence-electron chi connectivity index (χ2n) is 4.99. The minimum Gasteiger partial charge on any atom is -0.324 e. The van der Waals surface area contributed by atoms with Crippen LogP contribution in [0.3, 0.4) is 0 Å². The Kier molecular flexibility index (Phi) is 6.42. The summed E-state index contributed by atoms with van der Waals surface area (Å²) in [5, 5.41) is 3.32. The molecule has 1 aromatic rings. The van der Waals surface area contributed by atoms with Gasteiger partial charge < -0.3 is 11.1 Å². The lowest BCUT2D eigenvalue weighted by molar-refractivity contribution is -0.141. The molecule has 1 aromatic heterocycles. The zero-order valence-corrected chi connectivity index (χ0v) is 11.9. The first-order valence-corrected chi connectivity index (χ1v) is 6.86. The highest BCUT2D eigenvalue weighted by Gasteiger charge is 2.32. The Balaban J connectivity index is 0.000000276. The lowest BCUT2D eigenvalue weighted by atomic mass is 10.1. The van der Waals surface area contributed by atoms with Gasteiger partial charge in [-0.2, -0.15) is 13.2 Å². The topological polar surface area (TPSA) is 50.9 Å². The third-order valence-electron chi connectivity index (χ3n) is 3.25. The van der Waals surface area contributed by atoms with Gasteiger partial charge >= 0.3 is 6.18 Å². The van der Waals surface area contributed by atoms with Crippen molar-refractivity contribution in [3.63, 3.8) is 0 Å². The molecule has 3 nitrogen and oxygen atoms in total. The van der Waals surface area contributed by atoms with Crippen molar-refractivity contribution in [2.45, 2.75) is 51.4 Å². The van der Waals surface area contributed by atoms with Crippen LogP contribution in [0.4, 0.5) is 13.2 Å². The summed E-state index contributed by atoms with van der Waals surface area (Å²) in [6, 6.07) is 2.87. The molecule has 20 heavy (non-hydrogen) atoms. The second kappa shape index (κ2) is 7.59. The molecule has 1 saturated heterocycles. The van der Waals surface area contributed by atoms with Crippen LogP contribution in [0.15, 0.2) is 18.3 Å². The van der Waals surface area contributed by atoms with Gasteiger partial charge in [0.25, 0.3) is 0 Å². The highest BCUT2D eigenvalue weighted by atomic mass is 19.4. The van der Waals surface area contributed by atoms with Crippen molar-refractivity contribution in [2.24, 2.45) is 5.73 Å². The smallest absolute Gasteiger partial charge is 0.324 e. The average molecular weight is 289 g/mol. The molecule has 1 fully saturated rings. The molecule has 1 unspecified atom stereocenters. The third-order valence-corrected chi connectivity index (χ3v) is 3.25. The van der Waals surface area contributed by atoms with Crippen molar-refractivity contribution >= 4 is 0 Å². The fourth-order valence-corrected chi connectivity index (χ4v) is 1.89. The van der Waals surface area contributed by atoms with E-state index in [0.29, 0.717) is 12.0 Å². The van der Waals surface area contributed by atoms with E-state index in [0.717, 1.165) is 12.1 Å². The van der Waals surface area contributed by atoms with Crippen LogP contribution in [0.2, 0.25) is 0 Å². The van der Waals surface area contributed by atoms with Gasteiger partial charge in [-0.25, -0.2) is 0 Å². The van der Waals surface area contributed by atoms with Crippen LogP contribution in [-0.2, 0) is 6.18 Å². The van der Waals surface area contributed by atoms with Crippen LogP contribution < -0.4 is 11.1 Å². The summed E-state index contributed by atoms with van der Waals surface area (Å²) in [4.78, 5) is 3.31. The standard InChI is InChI=1S/C9H11F3N2.C5H11N/c1-2-7(13)6-3-4-8(14-5-6)9(10,11)12;1-5-3-2-4-6-5/h3-5,7H,2,13H2,1H3;5-6H,2-4H2,1H3/t7-;/m1./s1. The number of hydrogen-bond acceptors (Lipinski definition) is 3. The van der Waals surface area contributed by atoms with Gasteiger partial charge in [0, 0.05) is 18.3 Å². The Morgan fingerprint density at radius 2 is 2.15 bits per heavy atom. The van der Waals surface area contributed by atoms with Crippen LogP contribution >= 0.6 is 0 Å². The molecule has 2 heterocycles. The number of halogens is 3. The molecule has 0 aromatic carbocycles. The lowest BCUT2D eigenvalue weighted by Gasteiger charge is -2.10. The van der Waals surface area contributed by atoms with Crippen molar-refractivity contribution in [3.05, 3.63) is 29.6 Å². The molecule has 0 radical (unpaired) electrons. The number of pyridine rings is 1. The Morgan fingerprint density at radius 1 is 1.45 bits per heavy atom. The van der Waals surface area contributed by atoms with Crippen molar-refractivity contribution < 1.29 is 13.2 Å². The van der Waals surface area contributed by atoms with E-state index in [2.05, 4.69) is 17.2 Å². The van der Waals surface area contributed by atoms with Gasteiger partial charge in [-0.15, -0.1) is 0 Å². The number of nitrogens with two attached hydrogens (primary N) is 1. The maximum atomic E-state index is 12.1. The summed E-state index contributed by atoms with van der Waals surface area (Å²) in [5.41, 5.74) is 5.37. The summed E-state index contributed by atoms with van der Waals surface area (Å²) in [7, 11) is 0. The molecule has 1 aliphatic rings. The first-order chi connectivity index (χ1) is 9.34. The van der Waals surface area contributed by atoms with Crippen LogP contribution in [0, 0.1) is 0 Å². The normalized spacial score (nSPS) is 20.2. The third kappa shape index (κ3) is 5.46. The molecule has 0 saturated carbocycles. The minimum atomic E-state index is -4.38. The maximum Gasteiger partial charge on any atom is 0.433 e. The molecule has 114 valence electrons. The van der Waals surface area contributed by atoms with Gasteiger partial charge in [0.2, 0.25) is 0 Å². The molecular formula is C14H22F3N3. The van der Waals surface area contributed by atoms with Gasteiger partial charge in [-0.05, 0) is 44.4 Å². The molecule has 0 amide bonds. The number of aromatic nitrogens is 1. The summed E-state index contributed by atoms with van der Waals surface area (Å²) in [5.74, 6) is 0. The Bertz CT molecular complexity index is 384. The van der Waals surface area contributed by atoms with E-state index in [-0.39, 0.29) is 6.04 Å². The largest absolute Gasteiger partial charge is 0.433 e. The zero-order chi connectivity index (χ0) is 15.2. The number of alkyl halides is 3. The van der Waals surface area contributed by atoms with E-state index in [9.17, 15) is 13.2 Å². The molecule has 0 aliphatic carbocycles. The van der Waals surface area contributed by atoms with E-state index < -0.39 is 11.9 Å². The second-order valence-corrected chi connectivity index (χ2v) is 4.99. The Labute approximate surface area is 117 Å². The van der Waals surface area contributed by atoms with Crippen LogP contribution in [-0.4, -0.2) is 17.6 Å². The van der Waals surface area contributed by atoms with Gasteiger partial charge in [0.05, 0.1) is 0 Å². The van der Waals surface area contributed by atoms with Crippen molar-refractivity contribution in [1.82, 2.24) is 10.3 Å². The average Bonchev–Trinajstić information content (AvgIpc) is 2.89. The predicted octanol–water partition coefficient (Wildman–Crippen LogP) is 3.27. The first kappa shape index (κ1) is 16.9. The molecule has 2 atom stereocenters. The molecule has 3 N–H and O–H groups in total. The van der Waals surface area contributed by atoms with Crippen molar-refractivity contribution in [1.29, 1.82) is 0 Å². The molecule has 0 spiro atoms. The van der Waals surface area contributed by atoms with Gasteiger partial charge in [-0.1, -0.05) is 13.0 Å². The highest BCUT2D eigenvalue weighted by molar-refractivity contribution is 5.18. The van der Waals surface area contributed by atoms with E-state index in [4.69, 9.17) is 5.73 Å². The Hall–Kier alpha value is -1.14. The van der Waals surface area contributed by atoms with Crippen LogP contribution in [0.5, 0.6) is 0 Å². The van der Waals surface area contributed by atoms with Crippen molar-refractivity contribution in [3.8, 4) is 0 Å². The maximum absolute atomic E-state index is 12.1. The monoisotopic (exact) mass is 289 g/mol. The summed E-state index contributed by atoms with van der Waals surface area (Å²) in [6.07, 6.45) is 0.222. The fraction of sp³-hybridized carbons (Fsp3) is 0.643. The van der Waals surface area contributed by atoms with Crippen molar-refractivity contribution in [2.75, 3.05) is 6.54 Å². The van der Waals surface area contributed by atoms with E-state index in [1.807, 2.05) is 6.92 Å². The summed E-state index contributed by atoms with van der Waals surface area (Å²) in [6.45, 7) is 5.33. The van der Waals surface area contributed by atoms with Crippen LogP contribution in [0.1, 0.15) is 50.4 Å². The van der Waals surface area contributed by atoms with Crippen LogP contribution in [0.25, 0.3) is 0 Å². The van der Waals surface area contributed by atoms with E-state index in [1.54, 1.807) is 0 Å². The first-order valence-electron chi connectivity index (χ1n) is 6.86. The fourth-order valence-electron chi connectivity index (χ4n) is 1.89. The SMILES string of the molecule is CC1CCCN1.CC[C@@H](N)c1ccc(C(F)(F)F)nc1. The van der Waals surface area contributed by atoms with Gasteiger partial charge in [0.15, 0.2) is 0 Å². The van der Waals surface area contributed by atoms with E-state index in [1.165, 1.54) is 31.6 Å². The predicted molar refractivity (Wildman–Crippen MR) is 73.2 cm³/mol. The quantitative estimate of drug-likeness (QED) is 0.878. The number of nitrogens with zero attached hydrogens (tertiary/aromatic N) is 1. The highest BCUT2D eigenvalue weighted by Crippen LogP contribution is 2.27. The number of hydrogen-bond donors (Lipinski definition) is 2. The molecular weight excluding hydrogens is 267 g/mol. The Morgan fingerprint density at radius 3 is 2.45 bits per heavy atom.